The lowest BCUT2D eigenvalue weighted by Gasteiger charge is -2.15. The normalized spacial score (nSPS) is 17.6. The Hall–Kier alpha value is -2.71. The molecule has 138 valence electrons. The van der Waals surface area contributed by atoms with Gasteiger partial charge in [0.25, 0.3) is 11.8 Å². The van der Waals surface area contributed by atoms with E-state index in [1.807, 2.05) is 0 Å². The van der Waals surface area contributed by atoms with Gasteiger partial charge in [0.2, 0.25) is 5.91 Å². The van der Waals surface area contributed by atoms with Gasteiger partial charge in [0.05, 0.1) is 19.7 Å². The molecule has 0 unspecified atom stereocenters. The fraction of sp³-hybridized carbons (Fsp3) is 0.389. The molecule has 3 N–H and O–H groups in total. The first-order chi connectivity index (χ1) is 12.6. The van der Waals surface area contributed by atoms with Crippen LogP contribution in [0.3, 0.4) is 0 Å². The van der Waals surface area contributed by atoms with Gasteiger partial charge >= 0.3 is 0 Å². The molecule has 1 saturated heterocycles. The van der Waals surface area contributed by atoms with Gasteiger partial charge in [0, 0.05) is 17.5 Å². The summed E-state index contributed by atoms with van der Waals surface area (Å²) in [5.41, 5.74) is 1.34. The van der Waals surface area contributed by atoms with Crippen molar-refractivity contribution >= 4 is 29.1 Å². The Kier molecular flexibility index (Phi) is 5.65. The minimum Gasteiger partial charge on any atom is -0.395 e. The first-order valence-electron chi connectivity index (χ1n) is 8.64. The Labute approximate surface area is 151 Å². The zero-order valence-electron chi connectivity index (χ0n) is 14.4. The largest absolute Gasteiger partial charge is 0.395 e. The van der Waals surface area contributed by atoms with Crippen LogP contribution in [0.5, 0.6) is 0 Å². The number of β-amino-alcohol motifs (C(OH)–C–C–N with tert-alkyl or cyclic N) is 1. The van der Waals surface area contributed by atoms with Crippen molar-refractivity contribution in [1.29, 1.82) is 0 Å². The first kappa shape index (κ1) is 18.1. The SMILES string of the molecule is O=C(CN1CCCC1)Nc1cccc(NC2=CC(=O)N(CCO)C2=O)c1. The van der Waals surface area contributed by atoms with Crippen molar-refractivity contribution in [2.45, 2.75) is 12.8 Å². The molecule has 0 bridgehead atoms. The van der Waals surface area contributed by atoms with E-state index in [4.69, 9.17) is 5.11 Å². The van der Waals surface area contributed by atoms with E-state index in [0.717, 1.165) is 30.8 Å². The standard InChI is InChI=1S/C18H22N4O4/c23-9-8-22-17(25)11-15(18(22)26)19-13-4-3-5-14(10-13)20-16(24)12-21-6-1-2-7-21/h3-5,10-11,19,23H,1-2,6-9,12H2,(H,20,24). The summed E-state index contributed by atoms with van der Waals surface area (Å²) >= 11 is 0. The molecular weight excluding hydrogens is 336 g/mol. The van der Waals surface area contributed by atoms with E-state index in [1.54, 1.807) is 24.3 Å². The highest BCUT2D eigenvalue weighted by Gasteiger charge is 2.30. The third kappa shape index (κ3) is 4.27. The zero-order valence-corrected chi connectivity index (χ0v) is 14.4. The van der Waals surface area contributed by atoms with Gasteiger partial charge in [-0.05, 0) is 44.1 Å². The van der Waals surface area contributed by atoms with Crippen molar-refractivity contribution in [2.24, 2.45) is 0 Å². The minimum atomic E-state index is -0.479. The molecule has 8 heteroatoms. The fourth-order valence-corrected chi connectivity index (χ4v) is 3.08. The second-order valence-electron chi connectivity index (χ2n) is 6.31. The molecule has 0 spiro atoms. The highest BCUT2D eigenvalue weighted by molar-refractivity contribution is 6.17. The van der Waals surface area contributed by atoms with E-state index in [9.17, 15) is 14.4 Å². The summed E-state index contributed by atoms with van der Waals surface area (Å²) in [5, 5.41) is 14.7. The third-order valence-electron chi connectivity index (χ3n) is 4.32. The van der Waals surface area contributed by atoms with Crippen molar-refractivity contribution in [1.82, 2.24) is 9.80 Å². The van der Waals surface area contributed by atoms with Crippen LogP contribution in [0.15, 0.2) is 36.0 Å². The monoisotopic (exact) mass is 358 g/mol. The highest BCUT2D eigenvalue weighted by atomic mass is 16.3. The number of hydrogen-bond donors (Lipinski definition) is 3. The van der Waals surface area contributed by atoms with Crippen molar-refractivity contribution < 1.29 is 19.5 Å². The molecule has 2 heterocycles. The Morgan fingerprint density at radius 3 is 2.62 bits per heavy atom. The number of hydrogen-bond acceptors (Lipinski definition) is 6. The van der Waals surface area contributed by atoms with Gasteiger partial charge in [0.15, 0.2) is 0 Å². The summed E-state index contributed by atoms with van der Waals surface area (Å²) in [6.45, 7) is 1.95. The molecular formula is C18H22N4O4. The van der Waals surface area contributed by atoms with Crippen LogP contribution in [0, 0.1) is 0 Å². The van der Waals surface area contributed by atoms with E-state index >= 15 is 0 Å². The number of aliphatic hydroxyl groups excluding tert-OH is 1. The third-order valence-corrected chi connectivity index (χ3v) is 4.32. The molecule has 1 fully saturated rings. The van der Waals surface area contributed by atoms with E-state index in [0.29, 0.717) is 17.9 Å². The van der Waals surface area contributed by atoms with Gasteiger partial charge in [-0.1, -0.05) is 6.07 Å². The number of likely N-dealkylation sites (tertiary alicyclic amines) is 1. The number of carbonyl (C=O) groups excluding carboxylic acids is 3. The molecule has 0 aliphatic carbocycles. The van der Waals surface area contributed by atoms with Gasteiger partial charge in [-0.3, -0.25) is 24.2 Å². The molecule has 26 heavy (non-hydrogen) atoms. The number of benzene rings is 1. The molecule has 8 nitrogen and oxygen atoms in total. The van der Waals surface area contributed by atoms with Crippen LogP contribution in [0.4, 0.5) is 11.4 Å². The maximum Gasteiger partial charge on any atom is 0.277 e. The average Bonchev–Trinajstić information content (AvgIpc) is 3.19. The van der Waals surface area contributed by atoms with Gasteiger partial charge < -0.3 is 15.7 Å². The zero-order chi connectivity index (χ0) is 18.5. The Bertz CT molecular complexity index is 740. The fourth-order valence-electron chi connectivity index (χ4n) is 3.08. The summed E-state index contributed by atoms with van der Waals surface area (Å²) in [4.78, 5) is 39.1. The van der Waals surface area contributed by atoms with Crippen LogP contribution in [-0.2, 0) is 14.4 Å². The van der Waals surface area contributed by atoms with Crippen LogP contribution in [0.1, 0.15) is 12.8 Å². The molecule has 2 aliphatic rings. The molecule has 3 rings (SSSR count). The summed E-state index contributed by atoms with van der Waals surface area (Å²) < 4.78 is 0. The van der Waals surface area contributed by atoms with E-state index < -0.39 is 11.8 Å². The number of anilines is 2. The molecule has 2 aliphatic heterocycles. The molecule has 0 saturated carbocycles. The van der Waals surface area contributed by atoms with Crippen LogP contribution in [0.2, 0.25) is 0 Å². The minimum absolute atomic E-state index is 0.0358. The summed E-state index contributed by atoms with van der Waals surface area (Å²) in [6, 6.07) is 6.96. The number of aliphatic hydroxyl groups is 1. The average molecular weight is 358 g/mol. The lowest BCUT2D eigenvalue weighted by molar-refractivity contribution is -0.137. The molecule has 0 radical (unpaired) electrons. The van der Waals surface area contributed by atoms with Crippen LogP contribution < -0.4 is 10.6 Å². The van der Waals surface area contributed by atoms with Crippen molar-refractivity contribution in [3.8, 4) is 0 Å². The lowest BCUT2D eigenvalue weighted by atomic mass is 10.2. The summed E-state index contributed by atoms with van der Waals surface area (Å²) in [6.07, 6.45) is 3.46. The summed E-state index contributed by atoms with van der Waals surface area (Å²) in [5.74, 6) is -1.02. The molecule has 1 aromatic carbocycles. The number of nitrogens with one attached hydrogen (secondary N) is 2. The smallest absolute Gasteiger partial charge is 0.277 e. The second kappa shape index (κ2) is 8.11. The van der Waals surface area contributed by atoms with Crippen LogP contribution >= 0.6 is 0 Å². The van der Waals surface area contributed by atoms with Gasteiger partial charge in [0.1, 0.15) is 5.70 Å². The topological polar surface area (TPSA) is 102 Å². The van der Waals surface area contributed by atoms with Crippen LogP contribution in [0.25, 0.3) is 0 Å². The van der Waals surface area contributed by atoms with Crippen molar-refractivity contribution in [2.75, 3.05) is 43.4 Å². The molecule has 0 aromatic heterocycles. The predicted molar refractivity (Wildman–Crippen MR) is 96.3 cm³/mol. The van der Waals surface area contributed by atoms with Crippen molar-refractivity contribution in [3.05, 3.63) is 36.0 Å². The Balaban J connectivity index is 1.60. The van der Waals surface area contributed by atoms with Gasteiger partial charge in [-0.25, -0.2) is 0 Å². The number of rotatable bonds is 7. The Morgan fingerprint density at radius 2 is 1.88 bits per heavy atom. The van der Waals surface area contributed by atoms with E-state index in [2.05, 4.69) is 15.5 Å². The van der Waals surface area contributed by atoms with Crippen molar-refractivity contribution in [3.63, 3.8) is 0 Å². The number of carbonyl (C=O) groups is 3. The molecule has 3 amide bonds. The van der Waals surface area contributed by atoms with Gasteiger partial charge in [-0.15, -0.1) is 0 Å². The van der Waals surface area contributed by atoms with Crippen LogP contribution in [-0.4, -0.2) is 65.4 Å². The molecule has 0 atom stereocenters. The predicted octanol–water partition coefficient (Wildman–Crippen LogP) is 0.378. The van der Waals surface area contributed by atoms with E-state index in [-0.39, 0.29) is 24.8 Å². The van der Waals surface area contributed by atoms with Gasteiger partial charge in [-0.2, -0.15) is 0 Å². The number of nitrogens with zero attached hydrogens (tertiary/aromatic N) is 2. The summed E-state index contributed by atoms with van der Waals surface area (Å²) in [7, 11) is 0. The molecule has 1 aromatic rings. The highest BCUT2D eigenvalue weighted by Crippen LogP contribution is 2.20. The number of imide groups is 1. The number of amides is 3. The maximum atomic E-state index is 12.2. The lowest BCUT2D eigenvalue weighted by Crippen LogP contribution is -2.34. The van der Waals surface area contributed by atoms with E-state index in [1.165, 1.54) is 6.08 Å². The second-order valence-corrected chi connectivity index (χ2v) is 6.31. The first-order valence-corrected chi connectivity index (χ1v) is 8.64. The Morgan fingerprint density at radius 1 is 1.15 bits per heavy atom. The maximum absolute atomic E-state index is 12.2. The quantitative estimate of drug-likeness (QED) is 0.609.